The van der Waals surface area contributed by atoms with E-state index in [0.717, 1.165) is 50.4 Å². The summed E-state index contributed by atoms with van der Waals surface area (Å²) in [6, 6.07) is 42.0. The van der Waals surface area contributed by atoms with Gasteiger partial charge in [0.25, 0.3) is 0 Å². The molecule has 0 spiro atoms. The minimum Gasteiger partial charge on any atom is -0.477 e. The molecule has 255 valence electrons. The molecule has 0 saturated heterocycles. The second-order valence-electron chi connectivity index (χ2n) is 14.4. The smallest absolute Gasteiger partial charge is 0.124 e. The minimum absolute atomic E-state index is 0. The number of furan rings is 1. The quantitative estimate of drug-likeness (QED) is 0.124. The Kier molecular flexibility index (Phi) is 11.3. The third-order valence-electron chi connectivity index (χ3n) is 9.75. The van der Waals surface area contributed by atoms with Gasteiger partial charge in [0.05, 0.1) is 13.7 Å². The van der Waals surface area contributed by atoms with Crippen LogP contribution in [0.3, 0.4) is 0 Å². The molecule has 0 N–H and O–H groups in total. The number of rotatable bonds is 6. The maximum atomic E-state index is 6.17. The number of pyridine rings is 2. The molecular formula is C45H44IrN2OSi-2. The first kappa shape index (κ1) is 35.7. The molecule has 1 saturated carbocycles. The average molecular weight is 849 g/mol. The zero-order valence-corrected chi connectivity index (χ0v) is 32.8. The number of aryl methyl sites for hydroxylation is 1. The van der Waals surface area contributed by atoms with Gasteiger partial charge in [0.2, 0.25) is 0 Å². The fourth-order valence-corrected chi connectivity index (χ4v) is 8.84. The topological polar surface area (TPSA) is 38.9 Å². The van der Waals surface area contributed by atoms with Crippen LogP contribution in [-0.2, 0) is 26.5 Å². The Balaban J connectivity index is 0.000000171. The molecule has 1 aliphatic carbocycles. The minimum atomic E-state index is -1.36. The molecule has 4 aromatic carbocycles. The molecule has 50 heavy (non-hydrogen) atoms. The standard InChI is InChI=1S/C24H16NO.C21H28NSi.Ir/c1-16-13-19(17-7-3-2-4-8-17)15-23-24(16)20-11-10-18(14-22(20)26-23)21-9-5-6-12-25-21;1-23(2,3)21-16-22-20(18-12-8-5-9-13-18)15-19(21)14-17-10-6-4-7-11-17;/h2-13,15H,1H3;5,8-9,12,15-17H,4,6-7,10-11,14H2,1-3H3;/q2*-1;. The molecule has 1 fully saturated rings. The van der Waals surface area contributed by atoms with Gasteiger partial charge in [-0.2, -0.15) is 0 Å². The van der Waals surface area contributed by atoms with Crippen LogP contribution in [0.2, 0.25) is 19.6 Å². The van der Waals surface area contributed by atoms with E-state index in [1.54, 1.807) is 16.9 Å². The van der Waals surface area contributed by atoms with E-state index in [1.807, 2.05) is 36.4 Å². The van der Waals surface area contributed by atoms with Crippen molar-refractivity contribution in [1.82, 2.24) is 9.97 Å². The Bertz CT molecular complexity index is 2170. The fraction of sp³-hybridized carbons (Fsp3) is 0.244. The van der Waals surface area contributed by atoms with Crippen LogP contribution in [0.25, 0.3) is 55.6 Å². The van der Waals surface area contributed by atoms with Gasteiger partial charge >= 0.3 is 0 Å². The Hall–Kier alpha value is -4.15. The van der Waals surface area contributed by atoms with Crippen LogP contribution in [0.4, 0.5) is 0 Å². The van der Waals surface area contributed by atoms with Gasteiger partial charge in [-0.3, -0.25) is 0 Å². The summed E-state index contributed by atoms with van der Waals surface area (Å²) >= 11 is 0. The molecule has 1 aliphatic rings. The molecule has 3 heterocycles. The van der Waals surface area contributed by atoms with E-state index >= 15 is 0 Å². The van der Waals surface area contributed by atoms with Crippen molar-refractivity contribution >= 4 is 35.2 Å². The summed E-state index contributed by atoms with van der Waals surface area (Å²) in [5.74, 6) is 0.869. The van der Waals surface area contributed by atoms with Crippen LogP contribution < -0.4 is 5.19 Å². The van der Waals surface area contributed by atoms with Crippen molar-refractivity contribution in [3.63, 3.8) is 0 Å². The summed E-state index contributed by atoms with van der Waals surface area (Å²) in [7, 11) is -1.36. The molecule has 0 amide bonds. The Morgan fingerprint density at radius 3 is 2.26 bits per heavy atom. The molecule has 0 atom stereocenters. The van der Waals surface area contributed by atoms with Gasteiger partial charge in [-0.25, -0.2) is 0 Å². The third kappa shape index (κ3) is 8.07. The number of fused-ring (bicyclic) bond motifs is 3. The zero-order chi connectivity index (χ0) is 33.8. The first-order valence-corrected chi connectivity index (χ1v) is 21.2. The number of aromatic nitrogens is 2. The molecule has 0 bridgehead atoms. The zero-order valence-electron chi connectivity index (χ0n) is 29.4. The Morgan fingerprint density at radius 1 is 0.760 bits per heavy atom. The number of benzene rings is 4. The van der Waals surface area contributed by atoms with Gasteiger partial charge in [0, 0.05) is 32.5 Å². The van der Waals surface area contributed by atoms with Crippen LogP contribution in [0, 0.1) is 25.0 Å². The molecule has 7 aromatic rings. The SMILES string of the molecule is C[Si](C)(C)c1cnc(-c2[c-]cccc2)cc1CC1CCCCC1.Cc1cc(-c2ccccc2)cc2oc3[c-]c(-c4ccccn4)ccc3c12.[Ir]. The van der Waals surface area contributed by atoms with Crippen molar-refractivity contribution in [2.45, 2.75) is 65.1 Å². The molecule has 8 rings (SSSR count). The van der Waals surface area contributed by atoms with Crippen molar-refractivity contribution in [1.29, 1.82) is 0 Å². The number of hydrogen-bond acceptors (Lipinski definition) is 3. The first-order chi connectivity index (χ1) is 23.8. The van der Waals surface area contributed by atoms with Crippen molar-refractivity contribution in [3.8, 4) is 33.6 Å². The van der Waals surface area contributed by atoms with Crippen molar-refractivity contribution in [2.75, 3.05) is 0 Å². The van der Waals surface area contributed by atoms with E-state index in [9.17, 15) is 0 Å². The van der Waals surface area contributed by atoms with Crippen LogP contribution in [-0.4, -0.2) is 18.0 Å². The van der Waals surface area contributed by atoms with Crippen LogP contribution in [0.15, 0.2) is 120 Å². The van der Waals surface area contributed by atoms with Crippen molar-refractivity contribution in [3.05, 3.63) is 139 Å². The molecule has 0 unspecified atom stereocenters. The third-order valence-corrected chi connectivity index (χ3v) is 11.8. The van der Waals surface area contributed by atoms with E-state index in [4.69, 9.17) is 9.40 Å². The molecule has 3 nitrogen and oxygen atoms in total. The second-order valence-corrected chi connectivity index (χ2v) is 19.5. The van der Waals surface area contributed by atoms with Gasteiger partial charge in [0.15, 0.2) is 0 Å². The number of hydrogen-bond donors (Lipinski definition) is 0. The summed E-state index contributed by atoms with van der Waals surface area (Å²) < 4.78 is 6.17. The molecule has 5 heteroatoms. The summed E-state index contributed by atoms with van der Waals surface area (Å²) in [5, 5.41) is 3.79. The summed E-state index contributed by atoms with van der Waals surface area (Å²) in [6.07, 6.45) is 12.3. The maximum Gasteiger partial charge on any atom is 0.124 e. The largest absolute Gasteiger partial charge is 0.477 e. The van der Waals surface area contributed by atoms with E-state index in [-0.39, 0.29) is 20.1 Å². The van der Waals surface area contributed by atoms with Crippen molar-refractivity contribution in [2.24, 2.45) is 5.92 Å². The normalized spacial score (nSPS) is 13.4. The Labute approximate surface area is 311 Å². The van der Waals surface area contributed by atoms with Crippen LogP contribution >= 0.6 is 0 Å². The predicted molar refractivity (Wildman–Crippen MR) is 208 cm³/mol. The monoisotopic (exact) mass is 849 g/mol. The second kappa shape index (κ2) is 15.8. The van der Waals surface area contributed by atoms with Gasteiger partial charge in [-0.15, -0.1) is 53.6 Å². The number of nitrogens with zero attached hydrogens (tertiary/aromatic N) is 2. The van der Waals surface area contributed by atoms with E-state index in [1.165, 1.54) is 55.2 Å². The van der Waals surface area contributed by atoms with Crippen LogP contribution in [0.1, 0.15) is 43.2 Å². The first-order valence-electron chi connectivity index (χ1n) is 17.7. The molecular weight excluding hydrogens is 805 g/mol. The fourth-order valence-electron chi connectivity index (χ4n) is 7.25. The predicted octanol–water partition coefficient (Wildman–Crippen LogP) is 11.6. The Morgan fingerprint density at radius 2 is 1.54 bits per heavy atom. The summed E-state index contributed by atoms with van der Waals surface area (Å²) in [6.45, 7) is 9.44. The van der Waals surface area contributed by atoms with Gasteiger partial charge in [0.1, 0.15) is 5.58 Å². The molecule has 3 aromatic heterocycles. The van der Waals surface area contributed by atoms with E-state index < -0.39 is 8.07 Å². The summed E-state index contributed by atoms with van der Waals surface area (Å²) in [5.41, 5.74) is 10.8. The van der Waals surface area contributed by atoms with Crippen molar-refractivity contribution < 1.29 is 24.5 Å². The average Bonchev–Trinajstić information content (AvgIpc) is 3.51. The van der Waals surface area contributed by atoms with Gasteiger partial charge in [-0.05, 0) is 70.0 Å². The van der Waals surface area contributed by atoms with E-state index in [0.29, 0.717) is 0 Å². The van der Waals surface area contributed by atoms with Crippen LogP contribution in [0.5, 0.6) is 0 Å². The maximum absolute atomic E-state index is 6.17. The molecule has 0 aliphatic heterocycles. The molecule has 1 radical (unpaired) electrons. The van der Waals surface area contributed by atoms with Gasteiger partial charge < -0.3 is 14.4 Å². The van der Waals surface area contributed by atoms with Gasteiger partial charge in [-0.1, -0.05) is 123 Å². The van der Waals surface area contributed by atoms with E-state index in [2.05, 4.69) is 117 Å². The summed E-state index contributed by atoms with van der Waals surface area (Å²) in [4.78, 5) is 9.18.